The van der Waals surface area contributed by atoms with Gasteiger partial charge in [-0.1, -0.05) is 6.07 Å². The van der Waals surface area contributed by atoms with Crippen molar-refractivity contribution < 1.29 is 13.5 Å². The molecule has 4 nitrogen and oxygen atoms in total. The first-order valence-electron chi connectivity index (χ1n) is 6.13. The second-order valence-corrected chi connectivity index (χ2v) is 7.78. The minimum absolute atomic E-state index is 0.143. The Morgan fingerprint density at radius 3 is 2.35 bits per heavy atom. The summed E-state index contributed by atoms with van der Waals surface area (Å²) in [7, 11) is -3.60. The normalized spacial score (nSPS) is 11.6. The van der Waals surface area contributed by atoms with Crippen LogP contribution in [0.25, 0.3) is 0 Å². The number of hydrogen-bond donors (Lipinski definition) is 2. The van der Waals surface area contributed by atoms with E-state index in [1.165, 1.54) is 0 Å². The molecule has 0 saturated heterocycles. The van der Waals surface area contributed by atoms with Crippen LogP contribution in [0.4, 0.5) is 5.69 Å². The van der Waals surface area contributed by atoms with Gasteiger partial charge in [-0.2, -0.15) is 0 Å². The Kier molecular flexibility index (Phi) is 4.17. The van der Waals surface area contributed by atoms with Crippen molar-refractivity contribution in [3.63, 3.8) is 0 Å². The number of benzene rings is 1. The third-order valence-electron chi connectivity index (χ3n) is 3.17. The van der Waals surface area contributed by atoms with Crippen molar-refractivity contribution in [1.29, 1.82) is 0 Å². The first kappa shape index (κ1) is 15.0. The van der Waals surface area contributed by atoms with E-state index in [4.69, 9.17) is 5.11 Å². The molecule has 0 amide bonds. The van der Waals surface area contributed by atoms with Gasteiger partial charge in [0.15, 0.2) is 0 Å². The van der Waals surface area contributed by atoms with Gasteiger partial charge < -0.3 is 5.11 Å². The minimum atomic E-state index is -3.60. The second kappa shape index (κ2) is 5.55. The lowest BCUT2D eigenvalue weighted by atomic mass is 10.1. The van der Waals surface area contributed by atoms with E-state index in [2.05, 4.69) is 4.72 Å². The molecular formula is C14H17NO3S2. The quantitative estimate of drug-likeness (QED) is 0.912. The maximum Gasteiger partial charge on any atom is 0.271 e. The fourth-order valence-electron chi connectivity index (χ4n) is 1.79. The van der Waals surface area contributed by atoms with E-state index in [1.807, 2.05) is 19.9 Å². The summed E-state index contributed by atoms with van der Waals surface area (Å²) in [5, 5.41) is 9.15. The molecule has 2 rings (SSSR count). The average Bonchev–Trinajstić information content (AvgIpc) is 2.76. The number of aliphatic hydroxyl groups is 1. The van der Waals surface area contributed by atoms with Crippen LogP contribution in [0.1, 0.15) is 21.6 Å². The fourth-order valence-corrected chi connectivity index (χ4v) is 4.29. The van der Waals surface area contributed by atoms with Crippen LogP contribution < -0.4 is 4.72 Å². The van der Waals surface area contributed by atoms with Gasteiger partial charge in [0.1, 0.15) is 4.21 Å². The molecule has 0 atom stereocenters. The van der Waals surface area contributed by atoms with E-state index in [0.29, 0.717) is 10.6 Å². The maximum absolute atomic E-state index is 12.3. The molecular weight excluding hydrogens is 294 g/mol. The molecule has 1 aromatic carbocycles. The molecule has 2 aromatic rings. The van der Waals surface area contributed by atoms with Gasteiger partial charge in [0.05, 0.1) is 6.61 Å². The van der Waals surface area contributed by atoms with Crippen molar-refractivity contribution in [2.45, 2.75) is 31.6 Å². The number of sulfonamides is 1. The molecule has 0 fully saturated rings. The van der Waals surface area contributed by atoms with Gasteiger partial charge in [0, 0.05) is 10.6 Å². The second-order valence-electron chi connectivity index (χ2n) is 4.73. The molecule has 1 heterocycles. The van der Waals surface area contributed by atoms with E-state index < -0.39 is 10.0 Å². The van der Waals surface area contributed by atoms with Gasteiger partial charge in [-0.3, -0.25) is 4.72 Å². The molecule has 20 heavy (non-hydrogen) atoms. The Hall–Kier alpha value is -1.37. The van der Waals surface area contributed by atoms with Crippen LogP contribution in [0.5, 0.6) is 0 Å². The van der Waals surface area contributed by atoms with Crippen LogP contribution in [-0.2, 0) is 16.6 Å². The highest BCUT2D eigenvalue weighted by atomic mass is 32.2. The van der Waals surface area contributed by atoms with Crippen LogP contribution in [0.15, 0.2) is 28.5 Å². The molecule has 0 aliphatic heterocycles. The molecule has 0 radical (unpaired) electrons. The summed E-state index contributed by atoms with van der Waals surface area (Å²) in [5.74, 6) is 0. The summed E-state index contributed by atoms with van der Waals surface area (Å²) in [6.07, 6.45) is 0. The molecule has 108 valence electrons. The van der Waals surface area contributed by atoms with Crippen molar-refractivity contribution in [1.82, 2.24) is 0 Å². The number of aliphatic hydroxyl groups excluding tert-OH is 1. The number of anilines is 1. The SMILES string of the molecule is Cc1ccc(NS(=O)(=O)c2cc(C)c(CO)s2)cc1C. The van der Waals surface area contributed by atoms with Crippen molar-refractivity contribution in [3.05, 3.63) is 45.8 Å². The van der Waals surface area contributed by atoms with Gasteiger partial charge in [0.25, 0.3) is 10.0 Å². The smallest absolute Gasteiger partial charge is 0.271 e. The fraction of sp³-hybridized carbons (Fsp3) is 0.286. The first-order valence-corrected chi connectivity index (χ1v) is 8.43. The molecule has 6 heteroatoms. The van der Waals surface area contributed by atoms with Gasteiger partial charge in [-0.15, -0.1) is 11.3 Å². The summed E-state index contributed by atoms with van der Waals surface area (Å²) in [4.78, 5) is 0.672. The molecule has 0 unspecified atom stereocenters. The molecule has 0 aliphatic rings. The zero-order valence-corrected chi connectivity index (χ0v) is 13.2. The van der Waals surface area contributed by atoms with Gasteiger partial charge in [0.2, 0.25) is 0 Å². The minimum Gasteiger partial charge on any atom is -0.391 e. The predicted octanol–water partition coefficient (Wildman–Crippen LogP) is 2.97. The van der Waals surface area contributed by atoms with Gasteiger partial charge >= 0.3 is 0 Å². The number of rotatable bonds is 4. The Labute approximate surface area is 123 Å². The van der Waals surface area contributed by atoms with Crippen LogP contribution >= 0.6 is 11.3 Å². The highest BCUT2D eigenvalue weighted by molar-refractivity contribution is 7.94. The Bertz CT molecular complexity index is 733. The number of thiophene rings is 1. The number of hydrogen-bond acceptors (Lipinski definition) is 4. The highest BCUT2D eigenvalue weighted by Crippen LogP contribution is 2.28. The predicted molar refractivity (Wildman–Crippen MR) is 81.7 cm³/mol. The maximum atomic E-state index is 12.3. The molecule has 0 spiro atoms. The van der Waals surface area contributed by atoms with Crippen LogP contribution in [-0.4, -0.2) is 13.5 Å². The molecule has 0 saturated carbocycles. The monoisotopic (exact) mass is 311 g/mol. The molecule has 1 aromatic heterocycles. The van der Waals surface area contributed by atoms with Gasteiger partial charge in [-0.05, 0) is 55.7 Å². The lowest BCUT2D eigenvalue weighted by molar-refractivity contribution is 0.285. The van der Waals surface area contributed by atoms with Crippen molar-refractivity contribution in [3.8, 4) is 0 Å². The zero-order chi connectivity index (χ0) is 14.9. The summed E-state index contributed by atoms with van der Waals surface area (Å²) >= 11 is 1.09. The third kappa shape index (κ3) is 3.03. The van der Waals surface area contributed by atoms with E-state index in [0.717, 1.165) is 28.0 Å². The Morgan fingerprint density at radius 1 is 1.10 bits per heavy atom. The summed E-state index contributed by atoms with van der Waals surface area (Å²) < 4.78 is 27.4. The summed E-state index contributed by atoms with van der Waals surface area (Å²) in [5.41, 5.74) is 3.48. The zero-order valence-electron chi connectivity index (χ0n) is 11.6. The van der Waals surface area contributed by atoms with Crippen LogP contribution in [0.3, 0.4) is 0 Å². The molecule has 2 N–H and O–H groups in total. The van der Waals surface area contributed by atoms with E-state index in [-0.39, 0.29) is 10.8 Å². The summed E-state index contributed by atoms with van der Waals surface area (Å²) in [6, 6.07) is 7.01. The topological polar surface area (TPSA) is 66.4 Å². The van der Waals surface area contributed by atoms with Crippen molar-refractivity contribution >= 4 is 27.0 Å². The lowest BCUT2D eigenvalue weighted by Gasteiger charge is -2.08. The molecule has 0 aliphatic carbocycles. The lowest BCUT2D eigenvalue weighted by Crippen LogP contribution is -2.11. The average molecular weight is 311 g/mol. The third-order valence-corrected chi connectivity index (χ3v) is 6.24. The summed E-state index contributed by atoms with van der Waals surface area (Å²) in [6.45, 7) is 5.56. The highest BCUT2D eigenvalue weighted by Gasteiger charge is 2.19. The standard InChI is InChI=1S/C14H17NO3S2/c1-9-4-5-12(6-10(9)2)15-20(17,18)14-7-11(3)13(8-16)19-14/h4-7,15-16H,8H2,1-3H3. The Balaban J connectivity index is 2.32. The number of aryl methyl sites for hydroxylation is 3. The number of nitrogens with one attached hydrogen (secondary N) is 1. The molecule has 0 bridgehead atoms. The van der Waals surface area contributed by atoms with Crippen molar-refractivity contribution in [2.24, 2.45) is 0 Å². The van der Waals surface area contributed by atoms with E-state index >= 15 is 0 Å². The van der Waals surface area contributed by atoms with E-state index in [1.54, 1.807) is 25.1 Å². The Morgan fingerprint density at radius 2 is 1.80 bits per heavy atom. The van der Waals surface area contributed by atoms with Gasteiger partial charge in [-0.25, -0.2) is 8.42 Å². The van der Waals surface area contributed by atoms with E-state index in [9.17, 15) is 8.42 Å². The van der Waals surface area contributed by atoms with Crippen molar-refractivity contribution in [2.75, 3.05) is 4.72 Å². The first-order chi connectivity index (χ1) is 9.33. The largest absolute Gasteiger partial charge is 0.391 e. The van der Waals surface area contributed by atoms with Crippen LogP contribution in [0, 0.1) is 20.8 Å². The van der Waals surface area contributed by atoms with Crippen LogP contribution in [0.2, 0.25) is 0 Å².